The van der Waals surface area contributed by atoms with Crippen molar-refractivity contribution in [2.45, 2.75) is 38.0 Å². The second-order valence-corrected chi connectivity index (χ2v) is 8.71. The number of benzene rings is 2. The van der Waals surface area contributed by atoms with Gasteiger partial charge in [-0.1, -0.05) is 42.1 Å². The highest BCUT2D eigenvalue weighted by atomic mass is 32.2. The molecule has 10 heteroatoms. The van der Waals surface area contributed by atoms with E-state index in [1.165, 1.54) is 16.3 Å². The molecule has 0 radical (unpaired) electrons. The molecule has 0 fully saturated rings. The number of amides is 2. The average Bonchev–Trinajstić information content (AvgIpc) is 3.22. The predicted molar refractivity (Wildman–Crippen MR) is 128 cm³/mol. The molecule has 4 aromatic rings. The maximum absolute atomic E-state index is 13.1. The molecule has 0 atom stereocenters. The van der Waals surface area contributed by atoms with Crippen molar-refractivity contribution in [2.75, 3.05) is 11.1 Å². The highest BCUT2D eigenvalue weighted by Crippen LogP contribution is 2.22. The van der Waals surface area contributed by atoms with Gasteiger partial charge in [0.25, 0.3) is 5.56 Å². The second-order valence-electron chi connectivity index (χ2n) is 7.77. The van der Waals surface area contributed by atoms with E-state index in [1.807, 2.05) is 56.3 Å². The first-order valence-corrected chi connectivity index (χ1v) is 11.6. The van der Waals surface area contributed by atoms with E-state index in [4.69, 9.17) is 0 Å². The van der Waals surface area contributed by atoms with Crippen molar-refractivity contribution in [3.05, 3.63) is 65.0 Å². The fraction of sp³-hybridized carbons (Fsp3) is 0.261. The Morgan fingerprint density at radius 3 is 2.48 bits per heavy atom. The molecule has 0 unspecified atom stereocenters. The van der Waals surface area contributed by atoms with Gasteiger partial charge in [-0.15, -0.1) is 10.2 Å². The minimum atomic E-state index is -0.235. The van der Waals surface area contributed by atoms with Gasteiger partial charge in [-0.3, -0.25) is 23.4 Å². The van der Waals surface area contributed by atoms with E-state index >= 15 is 0 Å². The molecule has 0 aliphatic carbocycles. The first kappa shape index (κ1) is 22.5. The van der Waals surface area contributed by atoms with E-state index in [-0.39, 0.29) is 42.1 Å². The fourth-order valence-corrected chi connectivity index (χ4v) is 4.22. The van der Waals surface area contributed by atoms with Crippen LogP contribution in [0.2, 0.25) is 0 Å². The molecule has 2 aromatic heterocycles. The summed E-state index contributed by atoms with van der Waals surface area (Å²) in [6.45, 7) is 3.94. The number of rotatable bonds is 8. The van der Waals surface area contributed by atoms with E-state index in [1.54, 1.807) is 16.5 Å². The molecule has 0 aliphatic rings. The highest BCUT2D eigenvalue weighted by molar-refractivity contribution is 7.99. The van der Waals surface area contributed by atoms with Gasteiger partial charge in [0.15, 0.2) is 5.16 Å². The molecular weight excluding hydrogens is 440 g/mol. The maximum Gasteiger partial charge on any atom is 0.262 e. The zero-order chi connectivity index (χ0) is 23.4. The van der Waals surface area contributed by atoms with Crippen LogP contribution in [0, 0.1) is 0 Å². The van der Waals surface area contributed by atoms with Gasteiger partial charge in [-0.2, -0.15) is 0 Å². The molecule has 2 heterocycles. The second kappa shape index (κ2) is 9.86. The van der Waals surface area contributed by atoms with Gasteiger partial charge >= 0.3 is 0 Å². The van der Waals surface area contributed by atoms with Crippen LogP contribution in [0.4, 0.5) is 5.69 Å². The Morgan fingerprint density at radius 2 is 1.73 bits per heavy atom. The summed E-state index contributed by atoms with van der Waals surface area (Å²) in [4.78, 5) is 37.7. The van der Waals surface area contributed by atoms with E-state index in [9.17, 15) is 14.4 Å². The lowest BCUT2D eigenvalue weighted by Crippen LogP contribution is -2.32. The van der Waals surface area contributed by atoms with Crippen molar-refractivity contribution in [2.24, 2.45) is 0 Å². The van der Waals surface area contributed by atoms with Gasteiger partial charge < -0.3 is 10.6 Å². The summed E-state index contributed by atoms with van der Waals surface area (Å²) in [5.41, 5.74) is 1.13. The Hall–Kier alpha value is -3.66. The van der Waals surface area contributed by atoms with Gasteiger partial charge in [0, 0.05) is 24.7 Å². The zero-order valence-corrected chi connectivity index (χ0v) is 19.1. The number of carbonyl (C=O) groups is 2. The third kappa shape index (κ3) is 5.06. The Morgan fingerprint density at radius 1 is 1.00 bits per heavy atom. The molecular formula is C23H24N6O3S. The van der Waals surface area contributed by atoms with Crippen LogP contribution in [-0.4, -0.2) is 42.8 Å². The van der Waals surface area contributed by atoms with E-state index in [2.05, 4.69) is 20.8 Å². The van der Waals surface area contributed by atoms with Crippen molar-refractivity contribution < 1.29 is 9.59 Å². The molecule has 170 valence electrons. The molecule has 2 N–H and O–H groups in total. The number of fused-ring (bicyclic) bond motifs is 3. The van der Waals surface area contributed by atoms with Crippen LogP contribution in [0.25, 0.3) is 16.7 Å². The normalized spacial score (nSPS) is 11.2. The summed E-state index contributed by atoms with van der Waals surface area (Å²) in [7, 11) is 0. The van der Waals surface area contributed by atoms with Gasteiger partial charge in [0.2, 0.25) is 17.6 Å². The minimum Gasteiger partial charge on any atom is -0.354 e. The lowest BCUT2D eigenvalue weighted by atomic mass is 10.2. The van der Waals surface area contributed by atoms with E-state index < -0.39 is 0 Å². The lowest BCUT2D eigenvalue weighted by Gasteiger charge is -2.12. The molecule has 0 saturated heterocycles. The molecule has 0 saturated carbocycles. The van der Waals surface area contributed by atoms with Crippen LogP contribution in [0.15, 0.2) is 64.5 Å². The van der Waals surface area contributed by atoms with Crippen molar-refractivity contribution in [3.8, 4) is 0 Å². The molecule has 33 heavy (non-hydrogen) atoms. The number of aromatic nitrogens is 4. The highest BCUT2D eigenvalue weighted by Gasteiger charge is 2.18. The summed E-state index contributed by atoms with van der Waals surface area (Å²) in [6, 6.07) is 16.4. The summed E-state index contributed by atoms with van der Waals surface area (Å²) in [5.74, 6) is 0.141. The number of nitrogens with zero attached hydrogens (tertiary/aromatic N) is 4. The first-order valence-electron chi connectivity index (χ1n) is 10.6. The lowest BCUT2D eigenvalue weighted by molar-refractivity contribution is -0.121. The number of anilines is 1. The monoisotopic (exact) mass is 464 g/mol. The first-order chi connectivity index (χ1) is 15.9. The number of para-hydroxylation sites is 2. The Kier molecular flexibility index (Phi) is 6.74. The fourth-order valence-electron chi connectivity index (χ4n) is 3.48. The number of thioether (sulfide) groups is 1. The zero-order valence-electron chi connectivity index (χ0n) is 18.3. The topological polar surface area (TPSA) is 110 Å². The Balaban J connectivity index is 1.63. The standard InChI is InChI=1S/C23H24N6O3S/c1-15(2)24-19(30)12-13-28-21(32)17-10-6-7-11-18(17)29-22(28)26-27-23(29)33-14-20(31)25-16-8-4-3-5-9-16/h3-11,15H,12-14H2,1-2H3,(H,24,30)(H,25,31). The van der Waals surface area contributed by atoms with Crippen molar-refractivity contribution in [3.63, 3.8) is 0 Å². The van der Waals surface area contributed by atoms with Crippen LogP contribution in [-0.2, 0) is 16.1 Å². The number of aryl methyl sites for hydroxylation is 1. The summed E-state index contributed by atoms with van der Waals surface area (Å²) in [6.07, 6.45) is 0.140. The van der Waals surface area contributed by atoms with Crippen molar-refractivity contribution >= 4 is 45.9 Å². The predicted octanol–water partition coefficient (Wildman–Crippen LogP) is 2.69. The molecule has 4 rings (SSSR count). The van der Waals surface area contributed by atoms with Crippen LogP contribution in [0.5, 0.6) is 0 Å². The quantitative estimate of drug-likeness (QED) is 0.388. The molecule has 9 nitrogen and oxygen atoms in total. The van der Waals surface area contributed by atoms with E-state index in [0.717, 1.165) is 0 Å². The average molecular weight is 465 g/mol. The van der Waals surface area contributed by atoms with Gasteiger partial charge in [0.1, 0.15) is 0 Å². The van der Waals surface area contributed by atoms with Crippen LogP contribution >= 0.6 is 11.8 Å². The SMILES string of the molecule is CC(C)NC(=O)CCn1c(=O)c2ccccc2n2c(SCC(=O)Nc3ccccc3)nnc12. The largest absolute Gasteiger partial charge is 0.354 e. The molecule has 2 aromatic carbocycles. The van der Waals surface area contributed by atoms with E-state index in [0.29, 0.717) is 27.5 Å². The summed E-state index contributed by atoms with van der Waals surface area (Å²) < 4.78 is 3.22. The molecule has 2 amide bonds. The summed E-state index contributed by atoms with van der Waals surface area (Å²) in [5, 5.41) is 15.1. The number of nitrogens with one attached hydrogen (secondary N) is 2. The molecule has 0 bridgehead atoms. The molecule has 0 aliphatic heterocycles. The Labute approximate surface area is 194 Å². The maximum atomic E-state index is 13.1. The third-order valence-corrected chi connectivity index (χ3v) is 5.81. The Bertz CT molecular complexity index is 1360. The number of carbonyl (C=O) groups excluding carboxylic acids is 2. The van der Waals surface area contributed by atoms with Gasteiger partial charge in [-0.25, -0.2) is 0 Å². The smallest absolute Gasteiger partial charge is 0.262 e. The van der Waals surface area contributed by atoms with Crippen molar-refractivity contribution in [1.82, 2.24) is 24.5 Å². The van der Waals surface area contributed by atoms with Crippen LogP contribution in [0.3, 0.4) is 0 Å². The van der Waals surface area contributed by atoms with Gasteiger partial charge in [0.05, 0.1) is 16.7 Å². The third-order valence-electron chi connectivity index (χ3n) is 4.88. The number of hydrogen-bond donors (Lipinski definition) is 2. The van der Waals surface area contributed by atoms with Crippen molar-refractivity contribution in [1.29, 1.82) is 0 Å². The summed E-state index contributed by atoms with van der Waals surface area (Å²) >= 11 is 1.23. The van der Waals surface area contributed by atoms with Crippen LogP contribution < -0.4 is 16.2 Å². The van der Waals surface area contributed by atoms with Crippen LogP contribution in [0.1, 0.15) is 20.3 Å². The molecule has 0 spiro atoms. The number of hydrogen-bond acceptors (Lipinski definition) is 6. The van der Waals surface area contributed by atoms with Gasteiger partial charge in [-0.05, 0) is 38.1 Å². The minimum absolute atomic E-state index is 0.0176.